The fraction of sp³-hybridized carbons (Fsp3) is 0.340. The fourth-order valence-electron chi connectivity index (χ4n) is 7.45. The summed E-state index contributed by atoms with van der Waals surface area (Å²) in [7, 11) is 0. The van der Waals surface area contributed by atoms with Gasteiger partial charge >= 0.3 is 0 Å². The number of thiophene rings is 1. The van der Waals surface area contributed by atoms with Gasteiger partial charge in [0.25, 0.3) is 0 Å². The van der Waals surface area contributed by atoms with Crippen LogP contribution < -0.4 is 0 Å². The average Bonchev–Trinajstić information content (AvgIpc) is 3.55. The van der Waals surface area contributed by atoms with E-state index in [-0.39, 0.29) is 43.5 Å². The molecule has 3 heterocycles. The van der Waals surface area contributed by atoms with Gasteiger partial charge in [-0.25, -0.2) is 0 Å². The van der Waals surface area contributed by atoms with Crippen molar-refractivity contribution in [2.24, 2.45) is 17.8 Å². The molecule has 0 fully saturated rings. The van der Waals surface area contributed by atoms with Gasteiger partial charge in [0, 0.05) is 60.3 Å². The third kappa shape index (κ3) is 8.89. The van der Waals surface area contributed by atoms with Crippen molar-refractivity contribution in [1.82, 2.24) is 9.97 Å². The molecular weight excluding hydrogens is 849 g/mol. The van der Waals surface area contributed by atoms with Crippen molar-refractivity contribution in [3.63, 3.8) is 0 Å². The first-order valence-electron chi connectivity index (χ1n) is 19.1. The molecule has 1 N–H and O–H groups in total. The number of pyridine rings is 2. The van der Waals surface area contributed by atoms with Crippen LogP contribution in [0.2, 0.25) is 0 Å². The molecule has 3 aromatic carbocycles. The molecule has 0 atom stereocenters. The van der Waals surface area contributed by atoms with E-state index < -0.39 is 0 Å². The number of nitrogens with zero attached hydrogens (tertiary/aromatic N) is 2. The maximum atomic E-state index is 11.7. The number of benzene rings is 3. The van der Waals surface area contributed by atoms with Crippen molar-refractivity contribution in [2.75, 3.05) is 0 Å². The van der Waals surface area contributed by atoms with E-state index in [1.165, 1.54) is 60.1 Å². The van der Waals surface area contributed by atoms with Crippen LogP contribution in [0.3, 0.4) is 0 Å². The van der Waals surface area contributed by atoms with E-state index in [1.807, 2.05) is 45.2 Å². The predicted octanol–water partition coefficient (Wildman–Crippen LogP) is 12.8. The van der Waals surface area contributed by atoms with E-state index in [1.54, 1.807) is 0 Å². The minimum Gasteiger partial charge on any atom is -0.512 e. The van der Waals surface area contributed by atoms with E-state index in [2.05, 4.69) is 98.8 Å². The summed E-state index contributed by atoms with van der Waals surface area (Å²) in [5.41, 5.74) is 9.64. The maximum Gasteiger partial charge on any atom is 0.162 e. The maximum absolute atomic E-state index is 11.7. The molecule has 1 aliphatic carbocycles. The van der Waals surface area contributed by atoms with Crippen LogP contribution >= 0.6 is 11.3 Å². The first kappa shape index (κ1) is 40.2. The number of hydrogen-bond acceptors (Lipinski definition) is 5. The van der Waals surface area contributed by atoms with E-state index in [9.17, 15) is 9.90 Å². The molecule has 1 aliphatic rings. The molecule has 7 rings (SSSR count). The van der Waals surface area contributed by atoms with Gasteiger partial charge in [-0.3, -0.25) is 14.8 Å². The second kappa shape index (κ2) is 18.4. The predicted molar refractivity (Wildman–Crippen MR) is 220 cm³/mol. The number of carbonyl (C=O) groups excluding carboxylic acids is 1. The molecule has 4 nitrogen and oxygen atoms in total. The van der Waals surface area contributed by atoms with Crippen LogP contribution in [0.1, 0.15) is 84.0 Å². The SMILES string of the molecule is CC(C)Cc1ccc2c(n1)-c1sc3ccnc(-c4[c-]c5ccccc5c(-c5ccccc5)c4)c3c1CC2.CCC(CC)C(=O)/C=C(\O)C(CC)CC.[Ir]. The summed E-state index contributed by atoms with van der Waals surface area (Å²) < 4.78 is 1.28. The summed E-state index contributed by atoms with van der Waals surface area (Å²) in [5.74, 6) is 1.14. The molecule has 0 spiro atoms. The molecule has 0 saturated carbocycles. The Hall–Kier alpha value is -3.96. The van der Waals surface area contributed by atoms with Gasteiger partial charge < -0.3 is 5.11 Å². The largest absolute Gasteiger partial charge is 0.512 e. The van der Waals surface area contributed by atoms with Crippen molar-refractivity contribution >= 4 is 38.0 Å². The van der Waals surface area contributed by atoms with E-state index >= 15 is 0 Å². The number of aryl methyl sites for hydroxylation is 2. The van der Waals surface area contributed by atoms with E-state index in [4.69, 9.17) is 9.97 Å². The molecule has 0 saturated heterocycles. The van der Waals surface area contributed by atoms with Crippen LogP contribution in [0.5, 0.6) is 0 Å². The summed E-state index contributed by atoms with van der Waals surface area (Å²) in [4.78, 5) is 23.2. The van der Waals surface area contributed by atoms with Gasteiger partial charge in [0.05, 0.1) is 16.3 Å². The number of carbonyl (C=O) groups is 1. The molecular formula is C47H51IrN2O2S-. The van der Waals surface area contributed by atoms with Gasteiger partial charge in [0.1, 0.15) is 0 Å². The number of rotatable bonds is 11. The minimum atomic E-state index is 0. The van der Waals surface area contributed by atoms with Gasteiger partial charge in [-0.1, -0.05) is 113 Å². The third-order valence-electron chi connectivity index (χ3n) is 10.4. The van der Waals surface area contributed by atoms with Crippen LogP contribution in [-0.2, 0) is 44.2 Å². The molecule has 1 radical (unpaired) electrons. The number of ketones is 1. The zero-order valence-corrected chi connectivity index (χ0v) is 35.0. The van der Waals surface area contributed by atoms with Crippen LogP contribution in [0.15, 0.2) is 96.9 Å². The second-order valence-corrected chi connectivity index (χ2v) is 15.4. The zero-order valence-electron chi connectivity index (χ0n) is 31.8. The van der Waals surface area contributed by atoms with Gasteiger partial charge in [-0.15, -0.1) is 34.9 Å². The van der Waals surface area contributed by atoms with Crippen molar-refractivity contribution in [2.45, 2.75) is 86.5 Å². The Morgan fingerprint density at radius 1 is 0.868 bits per heavy atom. The summed E-state index contributed by atoms with van der Waals surface area (Å²) >= 11 is 1.87. The number of fused-ring (bicyclic) bond motifs is 6. The van der Waals surface area contributed by atoms with Crippen LogP contribution in [-0.4, -0.2) is 20.9 Å². The Bertz CT molecular complexity index is 2200. The number of aliphatic hydroxyl groups is 1. The van der Waals surface area contributed by atoms with Crippen LogP contribution in [0.4, 0.5) is 0 Å². The van der Waals surface area contributed by atoms with Crippen molar-refractivity contribution in [1.29, 1.82) is 0 Å². The topological polar surface area (TPSA) is 63.1 Å². The molecule has 0 bridgehead atoms. The summed E-state index contributed by atoms with van der Waals surface area (Å²) in [6.07, 6.45) is 9.91. The minimum absolute atomic E-state index is 0. The molecule has 0 unspecified atom stereocenters. The normalized spacial score (nSPS) is 12.4. The zero-order chi connectivity index (χ0) is 36.8. The quantitative estimate of drug-likeness (QED) is 0.0799. The number of aliphatic hydroxyl groups excluding tert-OH is 1. The van der Waals surface area contributed by atoms with Gasteiger partial charge in [-0.05, 0) is 85.1 Å². The van der Waals surface area contributed by atoms with Crippen molar-refractivity contribution in [3.8, 4) is 33.0 Å². The number of allylic oxidation sites excluding steroid dienone is 2. The first-order chi connectivity index (χ1) is 25.3. The Labute approximate surface area is 333 Å². The molecule has 53 heavy (non-hydrogen) atoms. The molecule has 6 heteroatoms. The van der Waals surface area contributed by atoms with Gasteiger partial charge in [-0.2, -0.15) is 0 Å². The molecule has 6 aromatic rings. The van der Waals surface area contributed by atoms with E-state index in [0.717, 1.165) is 61.6 Å². The van der Waals surface area contributed by atoms with Gasteiger partial charge in [0.15, 0.2) is 5.78 Å². The Morgan fingerprint density at radius 2 is 1.57 bits per heavy atom. The van der Waals surface area contributed by atoms with Crippen molar-refractivity contribution < 1.29 is 30.0 Å². The summed E-state index contributed by atoms with van der Waals surface area (Å²) in [6.45, 7) is 12.6. The van der Waals surface area contributed by atoms with E-state index in [0.29, 0.717) is 5.92 Å². The molecule has 0 aliphatic heterocycles. The monoisotopic (exact) mass is 900 g/mol. The van der Waals surface area contributed by atoms with Gasteiger partial charge in [0.2, 0.25) is 0 Å². The smallest absolute Gasteiger partial charge is 0.162 e. The second-order valence-electron chi connectivity index (χ2n) is 14.4. The first-order valence-corrected chi connectivity index (χ1v) is 19.9. The Morgan fingerprint density at radius 3 is 2.26 bits per heavy atom. The Kier molecular flexibility index (Phi) is 14.0. The third-order valence-corrected chi connectivity index (χ3v) is 11.6. The number of hydrogen-bond donors (Lipinski definition) is 1. The standard InChI is InChI=1S/C34H27N2S.C13H24O2.Ir/c1-21(2)18-26-14-12-23-13-15-28-31-30(37-34(28)33(23)36-26)16-17-35-32(31)25-19-24-10-6-7-11-27(24)29(20-25)22-8-4-3-5-9-22;1-5-10(6-2)12(14)9-13(15)11(7-3)8-4;/h3-12,14,16-17,20-21H,13,15,18H2,1-2H3;9-11,14H,5-8H2,1-4H3;/q-1;;/b;12-9-;. The van der Waals surface area contributed by atoms with Crippen LogP contribution in [0.25, 0.3) is 53.8 Å². The molecule has 277 valence electrons. The van der Waals surface area contributed by atoms with Crippen molar-refractivity contribution in [3.05, 3.63) is 120 Å². The average molecular weight is 900 g/mol. The fourth-order valence-corrected chi connectivity index (χ4v) is 8.72. The molecule has 3 aromatic heterocycles. The number of aromatic nitrogens is 2. The summed E-state index contributed by atoms with van der Waals surface area (Å²) in [5, 5.41) is 13.4. The van der Waals surface area contributed by atoms with Crippen LogP contribution in [0, 0.1) is 23.8 Å². The Balaban J connectivity index is 0.000000290. The molecule has 0 amide bonds. The summed E-state index contributed by atoms with van der Waals surface area (Å²) in [6, 6.07) is 31.9.